The molecule has 0 unspecified atom stereocenters. The minimum absolute atomic E-state index is 0. The molecule has 0 spiro atoms. The molecule has 1 saturated heterocycles. The lowest BCUT2D eigenvalue weighted by molar-refractivity contribution is 0.0625. The molecule has 2 rings (SSSR count). The first kappa shape index (κ1) is 24.0. The summed E-state index contributed by atoms with van der Waals surface area (Å²) in [4.78, 5) is 6.70. The van der Waals surface area contributed by atoms with Crippen LogP contribution in [0.15, 0.2) is 29.3 Å². The summed E-state index contributed by atoms with van der Waals surface area (Å²) in [6.07, 6.45) is 3.56. The number of hydrogen-bond donors (Lipinski definition) is 1. The van der Waals surface area contributed by atoms with Crippen LogP contribution in [0.3, 0.4) is 0 Å². The Morgan fingerprint density at radius 3 is 2.67 bits per heavy atom. The lowest BCUT2D eigenvalue weighted by Gasteiger charge is -2.30. The number of aliphatic imine (C=N–C) groups is 1. The number of benzene rings is 1. The summed E-state index contributed by atoms with van der Waals surface area (Å²) in [6.45, 7) is 8.14. The molecule has 1 heterocycles. The topological polar surface area (TPSA) is 46.1 Å². The summed E-state index contributed by atoms with van der Waals surface area (Å²) >= 11 is 0. The van der Waals surface area contributed by atoms with Gasteiger partial charge in [-0.05, 0) is 42.9 Å². The summed E-state index contributed by atoms with van der Waals surface area (Å²) < 4.78 is 10.8. The number of methoxy groups -OCH3 is 1. The second kappa shape index (κ2) is 11.7. The van der Waals surface area contributed by atoms with Gasteiger partial charge in [0.1, 0.15) is 5.75 Å². The van der Waals surface area contributed by atoms with Crippen LogP contribution in [0.25, 0.3) is 0 Å². The van der Waals surface area contributed by atoms with E-state index < -0.39 is 0 Å². The molecule has 154 valence electrons. The summed E-state index contributed by atoms with van der Waals surface area (Å²) in [5.41, 5.74) is 1.23. The van der Waals surface area contributed by atoms with Crippen molar-refractivity contribution >= 4 is 29.9 Å². The van der Waals surface area contributed by atoms with Gasteiger partial charge in [-0.2, -0.15) is 0 Å². The van der Waals surface area contributed by atoms with E-state index in [1.165, 1.54) is 24.8 Å². The van der Waals surface area contributed by atoms with Gasteiger partial charge in [-0.3, -0.25) is 4.99 Å². The molecule has 0 aromatic heterocycles. The van der Waals surface area contributed by atoms with Gasteiger partial charge in [0.15, 0.2) is 5.96 Å². The van der Waals surface area contributed by atoms with Gasteiger partial charge in [0, 0.05) is 45.8 Å². The zero-order valence-electron chi connectivity index (χ0n) is 17.5. The third-order valence-electron chi connectivity index (χ3n) is 5.33. The molecule has 1 aromatic rings. The largest absolute Gasteiger partial charge is 0.497 e. The van der Waals surface area contributed by atoms with Crippen molar-refractivity contribution in [2.75, 3.05) is 47.5 Å². The van der Waals surface area contributed by atoms with Crippen molar-refractivity contribution in [3.8, 4) is 5.75 Å². The Bertz CT molecular complexity index is 587. The quantitative estimate of drug-likeness (QED) is 0.359. The highest BCUT2D eigenvalue weighted by atomic mass is 127. The maximum Gasteiger partial charge on any atom is 0.193 e. The molecule has 0 amide bonds. The zero-order valence-corrected chi connectivity index (χ0v) is 19.8. The molecule has 6 heteroatoms. The fraction of sp³-hybridized carbons (Fsp3) is 0.667. The number of halogens is 1. The minimum Gasteiger partial charge on any atom is -0.497 e. The monoisotopic (exact) mass is 489 g/mol. The number of nitrogens with zero attached hydrogens (tertiary/aromatic N) is 2. The van der Waals surface area contributed by atoms with Gasteiger partial charge in [0.25, 0.3) is 0 Å². The van der Waals surface area contributed by atoms with Crippen LogP contribution in [-0.2, 0) is 10.2 Å². The zero-order chi connectivity index (χ0) is 19.0. The number of nitrogens with one attached hydrogen (secondary N) is 1. The Balaban J connectivity index is 0.00000364. The van der Waals surface area contributed by atoms with Crippen LogP contribution in [0.2, 0.25) is 0 Å². The maximum atomic E-state index is 5.45. The standard InChI is InChI=1S/C21H35N3O2.HI/c1-21(2,18-7-6-8-19(15-18)25-5)16-23-20(22-3)24(4)12-9-17-10-13-26-14-11-17;/h6-8,15,17H,9-14,16H2,1-5H3,(H,22,23);1H. The van der Waals surface area contributed by atoms with Crippen LogP contribution in [0.4, 0.5) is 0 Å². The molecule has 27 heavy (non-hydrogen) atoms. The summed E-state index contributed by atoms with van der Waals surface area (Å²) in [5, 5.41) is 3.54. The molecule has 0 radical (unpaired) electrons. The molecular weight excluding hydrogens is 453 g/mol. The Kier molecular flexibility index (Phi) is 10.4. The summed E-state index contributed by atoms with van der Waals surface area (Å²) in [7, 11) is 5.68. The van der Waals surface area contributed by atoms with Gasteiger partial charge in [-0.1, -0.05) is 26.0 Å². The molecule has 1 aliphatic rings. The molecular formula is C21H36IN3O2. The predicted molar refractivity (Wildman–Crippen MR) is 124 cm³/mol. The lowest BCUT2D eigenvalue weighted by Crippen LogP contribution is -2.44. The number of rotatable bonds is 7. The van der Waals surface area contributed by atoms with Crippen molar-refractivity contribution in [2.24, 2.45) is 10.9 Å². The highest BCUT2D eigenvalue weighted by Gasteiger charge is 2.22. The Labute approximate surface area is 181 Å². The van der Waals surface area contributed by atoms with Gasteiger partial charge in [0.05, 0.1) is 7.11 Å². The lowest BCUT2D eigenvalue weighted by atomic mass is 9.84. The molecule has 0 atom stereocenters. The number of guanidine groups is 1. The van der Waals surface area contributed by atoms with E-state index in [0.717, 1.165) is 43.9 Å². The molecule has 1 aliphatic heterocycles. The molecule has 0 saturated carbocycles. The SMILES string of the molecule is CN=C(NCC(C)(C)c1cccc(OC)c1)N(C)CCC1CCOCC1.I. The second-order valence-electron chi connectivity index (χ2n) is 7.78. The van der Waals surface area contributed by atoms with E-state index in [2.05, 4.69) is 48.2 Å². The minimum atomic E-state index is -0.0218. The summed E-state index contributed by atoms with van der Waals surface area (Å²) in [5.74, 6) is 2.62. The van der Waals surface area contributed by atoms with Gasteiger partial charge in [-0.25, -0.2) is 0 Å². The van der Waals surface area contributed by atoms with Crippen molar-refractivity contribution < 1.29 is 9.47 Å². The first-order chi connectivity index (χ1) is 12.5. The third-order valence-corrected chi connectivity index (χ3v) is 5.33. The van der Waals surface area contributed by atoms with Gasteiger partial charge < -0.3 is 19.7 Å². The van der Waals surface area contributed by atoms with Crippen molar-refractivity contribution in [3.63, 3.8) is 0 Å². The summed E-state index contributed by atoms with van der Waals surface area (Å²) in [6, 6.07) is 8.29. The third kappa shape index (κ3) is 7.49. The average molecular weight is 489 g/mol. The predicted octanol–water partition coefficient (Wildman–Crippen LogP) is 3.91. The Hall–Kier alpha value is -1.02. The molecule has 0 bridgehead atoms. The fourth-order valence-corrected chi connectivity index (χ4v) is 3.35. The average Bonchev–Trinajstić information content (AvgIpc) is 2.67. The van der Waals surface area contributed by atoms with E-state index in [9.17, 15) is 0 Å². The van der Waals surface area contributed by atoms with Crippen LogP contribution < -0.4 is 10.1 Å². The normalized spacial score (nSPS) is 15.8. The highest BCUT2D eigenvalue weighted by molar-refractivity contribution is 14.0. The smallest absolute Gasteiger partial charge is 0.193 e. The second-order valence-corrected chi connectivity index (χ2v) is 7.78. The molecule has 1 fully saturated rings. The first-order valence-corrected chi connectivity index (χ1v) is 9.60. The Morgan fingerprint density at radius 2 is 2.04 bits per heavy atom. The van der Waals surface area contributed by atoms with Crippen molar-refractivity contribution in [1.29, 1.82) is 0 Å². The van der Waals surface area contributed by atoms with E-state index in [1.54, 1.807) is 7.11 Å². The van der Waals surface area contributed by atoms with Crippen molar-refractivity contribution in [2.45, 2.75) is 38.5 Å². The van der Waals surface area contributed by atoms with E-state index in [4.69, 9.17) is 9.47 Å². The van der Waals surface area contributed by atoms with Crippen LogP contribution in [0.1, 0.15) is 38.7 Å². The van der Waals surface area contributed by atoms with Gasteiger partial charge in [-0.15, -0.1) is 24.0 Å². The van der Waals surface area contributed by atoms with Crippen LogP contribution in [-0.4, -0.2) is 58.4 Å². The maximum absolute atomic E-state index is 5.45. The van der Waals surface area contributed by atoms with Crippen LogP contribution in [0, 0.1) is 5.92 Å². The van der Waals surface area contributed by atoms with Crippen LogP contribution >= 0.6 is 24.0 Å². The van der Waals surface area contributed by atoms with E-state index in [0.29, 0.717) is 0 Å². The Morgan fingerprint density at radius 1 is 1.33 bits per heavy atom. The van der Waals surface area contributed by atoms with Gasteiger partial charge in [0.2, 0.25) is 0 Å². The first-order valence-electron chi connectivity index (χ1n) is 9.60. The molecule has 1 aromatic carbocycles. The number of hydrogen-bond acceptors (Lipinski definition) is 3. The number of ether oxygens (including phenoxy) is 2. The highest BCUT2D eigenvalue weighted by Crippen LogP contribution is 2.26. The molecule has 5 nitrogen and oxygen atoms in total. The van der Waals surface area contributed by atoms with E-state index in [-0.39, 0.29) is 29.4 Å². The molecule has 1 N–H and O–H groups in total. The molecule has 0 aliphatic carbocycles. The van der Waals surface area contributed by atoms with Crippen LogP contribution in [0.5, 0.6) is 5.75 Å². The van der Waals surface area contributed by atoms with Crippen molar-refractivity contribution in [3.05, 3.63) is 29.8 Å². The van der Waals surface area contributed by atoms with Gasteiger partial charge >= 0.3 is 0 Å². The van der Waals surface area contributed by atoms with E-state index >= 15 is 0 Å². The fourth-order valence-electron chi connectivity index (χ4n) is 3.35. The van der Waals surface area contributed by atoms with Crippen molar-refractivity contribution in [1.82, 2.24) is 10.2 Å². The van der Waals surface area contributed by atoms with E-state index in [1.807, 2.05) is 19.2 Å².